The fourth-order valence-electron chi connectivity index (χ4n) is 1.11. The summed E-state index contributed by atoms with van der Waals surface area (Å²) in [5.41, 5.74) is 0. The van der Waals surface area contributed by atoms with Crippen LogP contribution in [0.3, 0.4) is 0 Å². The van der Waals surface area contributed by atoms with Crippen LogP contribution < -0.4 is 5.32 Å². The van der Waals surface area contributed by atoms with Crippen molar-refractivity contribution >= 4 is 5.91 Å². The highest BCUT2D eigenvalue weighted by atomic mass is 16.5. The molecule has 15 heavy (non-hydrogen) atoms. The van der Waals surface area contributed by atoms with Crippen LogP contribution in [0, 0.1) is 5.92 Å². The molecule has 0 heterocycles. The van der Waals surface area contributed by atoms with Gasteiger partial charge in [-0.05, 0) is 18.8 Å². The van der Waals surface area contributed by atoms with Crippen molar-refractivity contribution in [1.29, 1.82) is 0 Å². The molecular formula is C12H25NO2. The Morgan fingerprint density at radius 3 is 2.67 bits per heavy atom. The maximum Gasteiger partial charge on any atom is 0.220 e. The second kappa shape index (κ2) is 9.97. The molecule has 0 aromatic heterocycles. The van der Waals surface area contributed by atoms with Gasteiger partial charge in [0, 0.05) is 19.6 Å². The Morgan fingerprint density at radius 1 is 1.33 bits per heavy atom. The van der Waals surface area contributed by atoms with Crippen LogP contribution in [-0.4, -0.2) is 25.7 Å². The van der Waals surface area contributed by atoms with Crippen LogP contribution in [0.2, 0.25) is 0 Å². The average molecular weight is 215 g/mol. The monoisotopic (exact) mass is 215 g/mol. The smallest absolute Gasteiger partial charge is 0.220 e. The van der Waals surface area contributed by atoms with Crippen LogP contribution in [0.4, 0.5) is 0 Å². The average Bonchev–Trinajstić information content (AvgIpc) is 2.19. The summed E-state index contributed by atoms with van der Waals surface area (Å²) in [5, 5.41) is 2.84. The molecule has 0 rings (SSSR count). The van der Waals surface area contributed by atoms with Crippen LogP contribution in [0.25, 0.3) is 0 Å². The number of hydrogen-bond acceptors (Lipinski definition) is 2. The zero-order valence-corrected chi connectivity index (χ0v) is 10.3. The number of nitrogens with one attached hydrogen (secondary N) is 1. The van der Waals surface area contributed by atoms with Crippen molar-refractivity contribution in [3.63, 3.8) is 0 Å². The van der Waals surface area contributed by atoms with Crippen molar-refractivity contribution in [1.82, 2.24) is 5.32 Å². The van der Waals surface area contributed by atoms with E-state index >= 15 is 0 Å². The van der Waals surface area contributed by atoms with Crippen molar-refractivity contribution in [2.45, 2.75) is 46.5 Å². The summed E-state index contributed by atoms with van der Waals surface area (Å²) in [4.78, 5) is 11.2. The van der Waals surface area contributed by atoms with Crippen molar-refractivity contribution in [3.8, 4) is 0 Å². The number of unbranched alkanes of at least 4 members (excludes halogenated alkanes) is 1. The molecule has 3 heteroatoms. The third kappa shape index (κ3) is 11.4. The first kappa shape index (κ1) is 14.4. The molecule has 0 saturated heterocycles. The Balaban J connectivity index is 3.13. The van der Waals surface area contributed by atoms with Crippen LogP contribution in [-0.2, 0) is 9.53 Å². The summed E-state index contributed by atoms with van der Waals surface area (Å²) in [5.74, 6) is 0.827. The number of ether oxygens (including phenoxy) is 1. The van der Waals surface area contributed by atoms with E-state index in [2.05, 4.69) is 26.1 Å². The first-order valence-electron chi connectivity index (χ1n) is 6.01. The molecule has 0 aliphatic rings. The summed E-state index contributed by atoms with van der Waals surface area (Å²) in [6, 6.07) is 0. The third-order valence-corrected chi connectivity index (χ3v) is 2.17. The number of carbonyl (C=O) groups is 1. The first-order chi connectivity index (χ1) is 7.16. The maximum absolute atomic E-state index is 11.2. The van der Waals surface area contributed by atoms with E-state index in [0.29, 0.717) is 25.5 Å². The minimum Gasteiger partial charge on any atom is -0.380 e. The van der Waals surface area contributed by atoms with Gasteiger partial charge in [0.25, 0.3) is 0 Å². The highest BCUT2D eigenvalue weighted by Crippen LogP contribution is 1.98. The maximum atomic E-state index is 11.2. The van der Waals surface area contributed by atoms with Gasteiger partial charge in [-0.1, -0.05) is 27.2 Å². The number of carbonyl (C=O) groups excluding carboxylic acids is 1. The second-order valence-corrected chi connectivity index (χ2v) is 4.25. The lowest BCUT2D eigenvalue weighted by molar-refractivity contribution is -0.121. The van der Waals surface area contributed by atoms with E-state index in [0.717, 1.165) is 25.9 Å². The van der Waals surface area contributed by atoms with Gasteiger partial charge in [-0.3, -0.25) is 4.79 Å². The molecule has 1 N–H and O–H groups in total. The number of amides is 1. The lowest BCUT2D eigenvalue weighted by Gasteiger charge is -2.07. The highest BCUT2D eigenvalue weighted by molar-refractivity contribution is 5.75. The fourth-order valence-corrected chi connectivity index (χ4v) is 1.11. The molecule has 90 valence electrons. The van der Waals surface area contributed by atoms with Gasteiger partial charge in [0.1, 0.15) is 0 Å². The summed E-state index contributed by atoms with van der Waals surface area (Å²) >= 11 is 0. The Morgan fingerprint density at radius 2 is 2.07 bits per heavy atom. The Kier molecular flexibility index (Phi) is 9.59. The lowest BCUT2D eigenvalue weighted by Crippen LogP contribution is -2.27. The first-order valence-corrected chi connectivity index (χ1v) is 6.01. The van der Waals surface area contributed by atoms with Crippen LogP contribution in [0.1, 0.15) is 46.5 Å². The molecule has 3 nitrogen and oxygen atoms in total. The standard InChI is InChI=1S/C12H25NO2/c1-4-5-6-12(14)13-8-10-15-9-7-11(2)3/h11H,4-10H2,1-3H3,(H,13,14). The molecular weight excluding hydrogens is 190 g/mol. The van der Waals surface area contributed by atoms with Crippen molar-refractivity contribution in [2.24, 2.45) is 5.92 Å². The van der Waals surface area contributed by atoms with Crippen LogP contribution >= 0.6 is 0 Å². The van der Waals surface area contributed by atoms with Crippen LogP contribution in [0.15, 0.2) is 0 Å². The van der Waals surface area contributed by atoms with E-state index in [1.807, 2.05) is 0 Å². The van der Waals surface area contributed by atoms with E-state index in [4.69, 9.17) is 4.74 Å². The Bertz CT molecular complexity index is 158. The van der Waals surface area contributed by atoms with Crippen molar-refractivity contribution in [3.05, 3.63) is 0 Å². The van der Waals surface area contributed by atoms with Gasteiger partial charge in [-0.15, -0.1) is 0 Å². The molecule has 0 atom stereocenters. The molecule has 1 amide bonds. The summed E-state index contributed by atoms with van der Waals surface area (Å²) < 4.78 is 5.38. The molecule has 0 unspecified atom stereocenters. The van der Waals surface area contributed by atoms with Gasteiger partial charge < -0.3 is 10.1 Å². The van der Waals surface area contributed by atoms with Gasteiger partial charge in [-0.25, -0.2) is 0 Å². The molecule has 0 aromatic carbocycles. The Labute approximate surface area is 93.6 Å². The summed E-state index contributed by atoms with van der Waals surface area (Å²) in [6.45, 7) is 8.50. The van der Waals surface area contributed by atoms with E-state index in [1.54, 1.807) is 0 Å². The topological polar surface area (TPSA) is 38.3 Å². The van der Waals surface area contributed by atoms with E-state index in [1.165, 1.54) is 0 Å². The van der Waals surface area contributed by atoms with Crippen LogP contribution in [0.5, 0.6) is 0 Å². The predicted molar refractivity (Wildman–Crippen MR) is 62.8 cm³/mol. The minimum absolute atomic E-state index is 0.143. The lowest BCUT2D eigenvalue weighted by atomic mass is 10.1. The van der Waals surface area contributed by atoms with E-state index < -0.39 is 0 Å². The van der Waals surface area contributed by atoms with Crippen molar-refractivity contribution < 1.29 is 9.53 Å². The van der Waals surface area contributed by atoms with Crippen molar-refractivity contribution in [2.75, 3.05) is 19.8 Å². The summed E-state index contributed by atoms with van der Waals surface area (Å²) in [7, 11) is 0. The third-order valence-electron chi connectivity index (χ3n) is 2.17. The molecule has 0 aliphatic heterocycles. The van der Waals surface area contributed by atoms with Gasteiger partial charge >= 0.3 is 0 Å². The zero-order valence-electron chi connectivity index (χ0n) is 10.3. The molecule has 0 radical (unpaired) electrons. The van der Waals surface area contributed by atoms with Gasteiger partial charge in [0.15, 0.2) is 0 Å². The zero-order chi connectivity index (χ0) is 11.5. The largest absolute Gasteiger partial charge is 0.380 e. The molecule has 0 saturated carbocycles. The predicted octanol–water partition coefficient (Wildman–Crippen LogP) is 2.36. The molecule has 0 aromatic rings. The molecule has 0 spiro atoms. The number of hydrogen-bond donors (Lipinski definition) is 1. The molecule has 0 aliphatic carbocycles. The second-order valence-electron chi connectivity index (χ2n) is 4.25. The molecule has 0 bridgehead atoms. The Hall–Kier alpha value is -0.570. The fraction of sp³-hybridized carbons (Fsp3) is 0.917. The number of rotatable bonds is 9. The van der Waals surface area contributed by atoms with Gasteiger partial charge in [0.05, 0.1) is 6.61 Å². The normalized spacial score (nSPS) is 10.7. The SMILES string of the molecule is CCCCC(=O)NCCOCCC(C)C. The van der Waals surface area contributed by atoms with Gasteiger partial charge in [0.2, 0.25) is 5.91 Å². The van der Waals surface area contributed by atoms with E-state index in [-0.39, 0.29) is 5.91 Å². The highest BCUT2D eigenvalue weighted by Gasteiger charge is 1.99. The quantitative estimate of drug-likeness (QED) is 0.600. The van der Waals surface area contributed by atoms with Gasteiger partial charge in [-0.2, -0.15) is 0 Å². The van der Waals surface area contributed by atoms with E-state index in [9.17, 15) is 4.79 Å². The summed E-state index contributed by atoms with van der Waals surface area (Å²) in [6.07, 6.45) is 3.77. The molecule has 0 fully saturated rings. The minimum atomic E-state index is 0.143.